The summed E-state index contributed by atoms with van der Waals surface area (Å²) in [6, 6.07) is 15.3. The summed E-state index contributed by atoms with van der Waals surface area (Å²) in [5.41, 5.74) is 9.43. The topological polar surface area (TPSA) is 129 Å². The van der Waals surface area contributed by atoms with Gasteiger partial charge in [-0.1, -0.05) is 30.3 Å². The molecular weight excluding hydrogens is 486 g/mol. The molecule has 4 aromatic rings. The Balaban J connectivity index is 1.30. The summed E-state index contributed by atoms with van der Waals surface area (Å²) in [5, 5.41) is 0. The largest absolute Gasteiger partial charge is 0.493 e. The number of nitrogens with two attached hydrogens (primary N) is 1. The van der Waals surface area contributed by atoms with E-state index in [2.05, 4.69) is 19.9 Å². The number of anilines is 2. The Kier molecular flexibility index (Phi) is 7.45. The highest BCUT2D eigenvalue weighted by Crippen LogP contribution is 2.32. The van der Waals surface area contributed by atoms with E-state index in [0.29, 0.717) is 67.0 Å². The van der Waals surface area contributed by atoms with Gasteiger partial charge >= 0.3 is 0 Å². The van der Waals surface area contributed by atoms with Crippen molar-refractivity contribution < 1.29 is 19.0 Å². The Hall–Kier alpha value is -4.51. The van der Waals surface area contributed by atoms with Crippen molar-refractivity contribution in [3.63, 3.8) is 0 Å². The molecule has 2 N–H and O–H groups in total. The molecule has 0 aliphatic carbocycles. The van der Waals surface area contributed by atoms with Crippen LogP contribution in [0.4, 0.5) is 11.8 Å². The third-order valence-electron chi connectivity index (χ3n) is 6.35. The lowest BCUT2D eigenvalue weighted by molar-refractivity contribution is -0.136. The minimum absolute atomic E-state index is 0.0387. The molecule has 11 nitrogen and oxygen atoms in total. The number of rotatable bonds is 8. The van der Waals surface area contributed by atoms with E-state index in [1.54, 1.807) is 25.3 Å². The van der Waals surface area contributed by atoms with Crippen LogP contribution in [0.25, 0.3) is 22.4 Å². The van der Waals surface area contributed by atoms with E-state index < -0.39 is 0 Å². The number of hydrogen-bond donors (Lipinski definition) is 1. The van der Waals surface area contributed by atoms with Crippen LogP contribution in [-0.2, 0) is 16.1 Å². The van der Waals surface area contributed by atoms with Crippen molar-refractivity contribution in [2.75, 3.05) is 57.6 Å². The normalized spacial score (nSPS) is 13.5. The van der Waals surface area contributed by atoms with Gasteiger partial charge in [-0.05, 0) is 23.8 Å². The third kappa shape index (κ3) is 5.42. The molecule has 1 fully saturated rings. The Labute approximate surface area is 220 Å². The van der Waals surface area contributed by atoms with E-state index in [-0.39, 0.29) is 18.5 Å². The van der Waals surface area contributed by atoms with Gasteiger partial charge in [0, 0.05) is 31.7 Å². The monoisotopic (exact) mass is 515 g/mol. The molecule has 5 rings (SSSR count). The standard InChI is InChI=1S/C27H29N7O4/c1-36-21-9-8-19(14-22(21)37-2)20-15-29-25-24(30-20)26(32-27(28)31-25)34-12-10-33(11-13-34)23(35)17-38-16-18-6-4-3-5-7-18/h3-9,14-15H,10-13,16-17H2,1-2H3,(H2,28,29,31,32). The average Bonchev–Trinajstić information content (AvgIpc) is 2.96. The molecule has 0 atom stereocenters. The number of carbonyl (C=O) groups excluding carboxylic acids is 1. The van der Waals surface area contributed by atoms with Gasteiger partial charge in [-0.2, -0.15) is 9.97 Å². The van der Waals surface area contributed by atoms with Crippen molar-refractivity contribution in [2.24, 2.45) is 0 Å². The number of amides is 1. The molecule has 38 heavy (non-hydrogen) atoms. The molecule has 11 heteroatoms. The lowest BCUT2D eigenvalue weighted by atomic mass is 10.1. The molecule has 0 bridgehead atoms. The first-order valence-electron chi connectivity index (χ1n) is 12.2. The summed E-state index contributed by atoms with van der Waals surface area (Å²) >= 11 is 0. The molecule has 0 radical (unpaired) electrons. The molecule has 1 aliphatic heterocycles. The first-order valence-corrected chi connectivity index (χ1v) is 12.2. The average molecular weight is 516 g/mol. The van der Waals surface area contributed by atoms with Crippen LogP contribution in [-0.4, -0.2) is 77.7 Å². The predicted octanol–water partition coefficient (Wildman–Crippen LogP) is 2.55. The van der Waals surface area contributed by atoms with Gasteiger partial charge in [-0.25, -0.2) is 9.97 Å². The molecule has 2 aromatic carbocycles. The molecule has 2 aromatic heterocycles. The smallest absolute Gasteiger partial charge is 0.248 e. The van der Waals surface area contributed by atoms with E-state index in [1.165, 1.54) is 0 Å². The number of nitrogens with zero attached hydrogens (tertiary/aromatic N) is 6. The van der Waals surface area contributed by atoms with E-state index >= 15 is 0 Å². The Morgan fingerprint density at radius 1 is 0.947 bits per heavy atom. The summed E-state index contributed by atoms with van der Waals surface area (Å²) in [6.45, 7) is 2.64. The molecule has 1 saturated heterocycles. The first kappa shape index (κ1) is 25.2. The molecule has 0 spiro atoms. The maximum atomic E-state index is 12.7. The number of carbonyl (C=O) groups is 1. The van der Waals surface area contributed by atoms with Crippen molar-refractivity contribution in [3.8, 4) is 22.8 Å². The number of benzene rings is 2. The van der Waals surface area contributed by atoms with Crippen molar-refractivity contribution in [3.05, 3.63) is 60.3 Å². The lowest BCUT2D eigenvalue weighted by Gasteiger charge is -2.35. The zero-order chi connectivity index (χ0) is 26.5. The number of methoxy groups -OCH3 is 2. The highest BCUT2D eigenvalue weighted by Gasteiger charge is 2.25. The van der Waals surface area contributed by atoms with Crippen LogP contribution < -0.4 is 20.1 Å². The summed E-state index contributed by atoms with van der Waals surface area (Å²) in [7, 11) is 3.18. The van der Waals surface area contributed by atoms with Crippen LogP contribution in [0, 0.1) is 0 Å². The molecule has 3 heterocycles. The first-order chi connectivity index (χ1) is 18.6. The van der Waals surface area contributed by atoms with Crippen molar-refractivity contribution >= 4 is 28.8 Å². The van der Waals surface area contributed by atoms with E-state index in [1.807, 2.05) is 48.5 Å². The van der Waals surface area contributed by atoms with Crippen LogP contribution >= 0.6 is 0 Å². The minimum atomic E-state index is -0.0387. The highest BCUT2D eigenvalue weighted by atomic mass is 16.5. The maximum Gasteiger partial charge on any atom is 0.248 e. The zero-order valence-electron chi connectivity index (χ0n) is 21.3. The van der Waals surface area contributed by atoms with Crippen molar-refractivity contribution in [1.29, 1.82) is 0 Å². The molecule has 1 amide bonds. The predicted molar refractivity (Wildman–Crippen MR) is 143 cm³/mol. The fraction of sp³-hybridized carbons (Fsp3) is 0.296. The van der Waals surface area contributed by atoms with Gasteiger partial charge in [0.2, 0.25) is 11.9 Å². The number of aromatic nitrogens is 4. The molecule has 1 aliphatic rings. The summed E-state index contributed by atoms with van der Waals surface area (Å²) in [6.07, 6.45) is 1.64. The number of fused-ring (bicyclic) bond motifs is 1. The Bertz CT molecular complexity index is 1430. The fourth-order valence-electron chi connectivity index (χ4n) is 4.35. The van der Waals surface area contributed by atoms with Crippen LogP contribution in [0.3, 0.4) is 0 Å². The minimum Gasteiger partial charge on any atom is -0.493 e. The second kappa shape index (κ2) is 11.3. The number of hydrogen-bond acceptors (Lipinski definition) is 10. The van der Waals surface area contributed by atoms with Gasteiger partial charge in [0.05, 0.1) is 32.7 Å². The van der Waals surface area contributed by atoms with Gasteiger partial charge in [-0.15, -0.1) is 0 Å². The molecule has 0 unspecified atom stereocenters. The molecule has 0 saturated carbocycles. The zero-order valence-corrected chi connectivity index (χ0v) is 21.3. The summed E-state index contributed by atoms with van der Waals surface area (Å²) < 4.78 is 16.4. The van der Waals surface area contributed by atoms with E-state index in [4.69, 9.17) is 24.9 Å². The van der Waals surface area contributed by atoms with E-state index in [9.17, 15) is 4.79 Å². The van der Waals surface area contributed by atoms with Crippen molar-refractivity contribution in [1.82, 2.24) is 24.8 Å². The molecule has 196 valence electrons. The number of ether oxygens (including phenoxy) is 3. The van der Waals surface area contributed by atoms with Gasteiger partial charge in [0.25, 0.3) is 0 Å². The second-order valence-electron chi connectivity index (χ2n) is 8.75. The second-order valence-corrected chi connectivity index (χ2v) is 8.75. The van der Waals surface area contributed by atoms with Gasteiger partial charge in [0.1, 0.15) is 6.61 Å². The highest BCUT2D eigenvalue weighted by molar-refractivity contribution is 5.86. The third-order valence-corrected chi connectivity index (χ3v) is 6.35. The van der Waals surface area contributed by atoms with Gasteiger partial charge in [0.15, 0.2) is 28.5 Å². The van der Waals surface area contributed by atoms with Gasteiger partial charge in [-0.3, -0.25) is 4.79 Å². The molecular formula is C27H29N7O4. The van der Waals surface area contributed by atoms with Crippen molar-refractivity contribution in [2.45, 2.75) is 6.61 Å². The van der Waals surface area contributed by atoms with Crippen LogP contribution in [0.1, 0.15) is 5.56 Å². The van der Waals surface area contributed by atoms with Crippen LogP contribution in [0.15, 0.2) is 54.7 Å². The maximum absolute atomic E-state index is 12.7. The van der Waals surface area contributed by atoms with Crippen LogP contribution in [0.2, 0.25) is 0 Å². The van der Waals surface area contributed by atoms with E-state index in [0.717, 1.165) is 11.1 Å². The number of piperazine rings is 1. The quantitative estimate of drug-likeness (QED) is 0.374. The lowest BCUT2D eigenvalue weighted by Crippen LogP contribution is -2.50. The SMILES string of the molecule is COc1ccc(-c2cnc3nc(N)nc(N4CCN(C(=O)COCc5ccccc5)CC4)c3n2)cc1OC. The summed E-state index contributed by atoms with van der Waals surface area (Å²) in [4.78, 5) is 34.6. The Morgan fingerprint density at radius 2 is 1.71 bits per heavy atom. The van der Waals surface area contributed by atoms with Crippen LogP contribution in [0.5, 0.6) is 11.5 Å². The van der Waals surface area contributed by atoms with Gasteiger partial charge < -0.3 is 29.7 Å². The summed E-state index contributed by atoms with van der Waals surface area (Å²) in [5.74, 6) is 1.89. The number of nitrogen functional groups attached to an aromatic ring is 1. The Morgan fingerprint density at radius 3 is 2.45 bits per heavy atom. The fourth-order valence-corrected chi connectivity index (χ4v) is 4.35.